The van der Waals surface area contributed by atoms with E-state index in [2.05, 4.69) is 16.6 Å². The third kappa shape index (κ3) is 4.97. The molecule has 0 aliphatic heterocycles. The van der Waals surface area contributed by atoms with Crippen molar-refractivity contribution < 1.29 is 24.0 Å². The minimum absolute atomic E-state index is 0.0462. The molecular formula is C15H16ClNO6. The van der Waals surface area contributed by atoms with Crippen LogP contribution in [0.15, 0.2) is 6.07 Å². The Labute approximate surface area is 138 Å². The first kappa shape index (κ1) is 20.4. The van der Waals surface area contributed by atoms with Crippen molar-refractivity contribution in [2.75, 3.05) is 7.11 Å². The zero-order chi connectivity index (χ0) is 18.2. The summed E-state index contributed by atoms with van der Waals surface area (Å²) in [6, 6.07) is 0.931. The number of methoxy groups -OCH3 is 1. The summed E-state index contributed by atoms with van der Waals surface area (Å²) in [4.78, 5) is 33.1. The van der Waals surface area contributed by atoms with Crippen LogP contribution >= 0.6 is 11.6 Å². The number of ether oxygens (including phenoxy) is 2. The largest absolute Gasteiger partial charge is 0.465 e. The van der Waals surface area contributed by atoms with Gasteiger partial charge in [0.25, 0.3) is 5.69 Å². The lowest BCUT2D eigenvalue weighted by molar-refractivity contribution is -0.384. The number of hydrogen-bond acceptors (Lipinski definition) is 6. The summed E-state index contributed by atoms with van der Waals surface area (Å²) >= 11 is 5.87. The lowest BCUT2D eigenvalue weighted by Gasteiger charge is -2.11. The van der Waals surface area contributed by atoms with E-state index in [4.69, 9.17) is 16.3 Å². The molecular weight excluding hydrogens is 326 g/mol. The second-order valence-electron chi connectivity index (χ2n) is 3.68. The minimum atomic E-state index is -0.860. The van der Waals surface area contributed by atoms with Crippen LogP contribution in [0.3, 0.4) is 0 Å². The van der Waals surface area contributed by atoms with Gasteiger partial charge in [0.1, 0.15) is 0 Å². The van der Waals surface area contributed by atoms with Gasteiger partial charge in [-0.05, 0) is 6.92 Å². The van der Waals surface area contributed by atoms with E-state index in [9.17, 15) is 19.7 Å². The van der Waals surface area contributed by atoms with E-state index >= 15 is 0 Å². The molecule has 1 aromatic carbocycles. The van der Waals surface area contributed by atoms with E-state index in [0.717, 1.165) is 20.1 Å². The highest BCUT2D eigenvalue weighted by atomic mass is 35.5. The van der Waals surface area contributed by atoms with E-state index in [-0.39, 0.29) is 16.9 Å². The van der Waals surface area contributed by atoms with E-state index in [0.29, 0.717) is 0 Å². The Balaban J connectivity index is 0.00000232. The summed E-state index contributed by atoms with van der Waals surface area (Å²) in [6.07, 6.45) is 0. The molecule has 0 fully saturated rings. The molecule has 0 aliphatic rings. The summed E-state index contributed by atoms with van der Waals surface area (Å²) in [5.41, 5.74) is -0.843. The zero-order valence-corrected chi connectivity index (χ0v) is 14.1. The first-order valence-electron chi connectivity index (χ1n) is 6.53. The van der Waals surface area contributed by atoms with Gasteiger partial charge >= 0.3 is 11.9 Å². The first-order valence-corrected chi connectivity index (χ1v) is 6.91. The normalized spacial score (nSPS) is 8.78. The third-order valence-corrected chi connectivity index (χ3v) is 2.66. The molecule has 7 nitrogen and oxygen atoms in total. The monoisotopic (exact) mass is 341 g/mol. The number of nitro groups is 1. The summed E-state index contributed by atoms with van der Waals surface area (Å²) in [5, 5.41) is 10.6. The van der Waals surface area contributed by atoms with Crippen LogP contribution in [0.4, 0.5) is 5.69 Å². The van der Waals surface area contributed by atoms with E-state index in [1.807, 2.05) is 13.8 Å². The molecule has 1 aromatic rings. The number of nitrogens with zero attached hydrogens (tertiary/aromatic N) is 1. The fraction of sp³-hybridized carbons (Fsp3) is 0.333. The van der Waals surface area contributed by atoms with Crippen molar-refractivity contribution >= 4 is 29.2 Å². The Morgan fingerprint density at radius 3 is 2.30 bits per heavy atom. The number of benzene rings is 1. The van der Waals surface area contributed by atoms with Crippen LogP contribution in [0.1, 0.15) is 43.6 Å². The predicted molar refractivity (Wildman–Crippen MR) is 84.7 cm³/mol. The molecule has 1 rings (SSSR count). The zero-order valence-electron chi connectivity index (χ0n) is 13.4. The molecule has 0 N–H and O–H groups in total. The molecule has 23 heavy (non-hydrogen) atoms. The number of carbonyl (C=O) groups excluding carboxylic acids is 2. The Hall–Kier alpha value is -2.59. The van der Waals surface area contributed by atoms with E-state index < -0.39 is 27.6 Å². The summed E-state index contributed by atoms with van der Waals surface area (Å²) in [7, 11) is 1.11. The Morgan fingerprint density at radius 1 is 1.35 bits per heavy atom. The molecule has 0 saturated carbocycles. The van der Waals surface area contributed by atoms with E-state index in [1.165, 1.54) is 6.92 Å². The average molecular weight is 342 g/mol. The molecule has 0 unspecified atom stereocenters. The molecule has 0 saturated heterocycles. The van der Waals surface area contributed by atoms with Crippen LogP contribution in [0.2, 0.25) is 5.02 Å². The molecule has 0 bridgehead atoms. The number of carbonyl (C=O) groups is 2. The van der Waals surface area contributed by atoms with Gasteiger partial charge in [-0.3, -0.25) is 14.9 Å². The van der Waals surface area contributed by atoms with Crippen LogP contribution in [0.5, 0.6) is 5.75 Å². The first-order chi connectivity index (χ1) is 10.8. The van der Waals surface area contributed by atoms with E-state index in [1.54, 1.807) is 0 Å². The maximum Gasteiger partial charge on any atom is 0.339 e. The highest BCUT2D eigenvalue weighted by molar-refractivity contribution is 6.34. The molecule has 0 radical (unpaired) electrons. The van der Waals surface area contributed by atoms with Gasteiger partial charge in [0.15, 0.2) is 10.8 Å². The fourth-order valence-corrected chi connectivity index (χ4v) is 1.77. The third-order valence-electron chi connectivity index (χ3n) is 2.30. The SMILES string of the molecule is CC.CC#Cc1c(C(=O)OC)cc([N+](=O)[O-])c(Cl)c1OC(C)=O. The fourth-order valence-electron chi connectivity index (χ4n) is 1.51. The van der Waals surface area contributed by atoms with Crippen molar-refractivity contribution in [1.82, 2.24) is 0 Å². The van der Waals surface area contributed by atoms with Crippen LogP contribution in [0, 0.1) is 22.0 Å². The van der Waals surface area contributed by atoms with Gasteiger partial charge in [-0.25, -0.2) is 4.79 Å². The van der Waals surface area contributed by atoms with Crippen molar-refractivity contribution in [3.63, 3.8) is 0 Å². The lowest BCUT2D eigenvalue weighted by atomic mass is 10.1. The Morgan fingerprint density at radius 2 is 1.91 bits per heavy atom. The highest BCUT2D eigenvalue weighted by Gasteiger charge is 2.28. The molecule has 0 heterocycles. The van der Waals surface area contributed by atoms with Gasteiger partial charge in [-0.1, -0.05) is 31.4 Å². The molecule has 8 heteroatoms. The lowest BCUT2D eigenvalue weighted by Crippen LogP contribution is -2.11. The maximum absolute atomic E-state index is 11.7. The topological polar surface area (TPSA) is 95.7 Å². The number of hydrogen-bond donors (Lipinski definition) is 0. The Bertz CT molecular complexity index is 687. The van der Waals surface area contributed by atoms with Gasteiger partial charge in [0, 0.05) is 13.0 Å². The van der Waals surface area contributed by atoms with Crippen LogP contribution in [-0.4, -0.2) is 24.0 Å². The quantitative estimate of drug-likeness (QED) is 0.275. The van der Waals surface area contributed by atoms with Crippen molar-refractivity contribution in [2.24, 2.45) is 0 Å². The van der Waals surface area contributed by atoms with Gasteiger partial charge in [0.2, 0.25) is 0 Å². The van der Waals surface area contributed by atoms with Crippen LogP contribution < -0.4 is 4.74 Å². The van der Waals surface area contributed by atoms with Gasteiger partial charge < -0.3 is 9.47 Å². The number of esters is 2. The van der Waals surface area contributed by atoms with Crippen LogP contribution in [-0.2, 0) is 9.53 Å². The van der Waals surface area contributed by atoms with Gasteiger partial charge in [0.05, 0.1) is 23.2 Å². The Kier molecular flexibility index (Phi) is 8.37. The summed E-state index contributed by atoms with van der Waals surface area (Å²) in [6.45, 7) is 6.57. The average Bonchev–Trinajstić information content (AvgIpc) is 2.51. The molecule has 124 valence electrons. The van der Waals surface area contributed by atoms with Crippen molar-refractivity contribution in [1.29, 1.82) is 0 Å². The van der Waals surface area contributed by atoms with Crippen molar-refractivity contribution in [3.05, 3.63) is 32.3 Å². The standard InChI is InChI=1S/C13H10ClNO6.C2H6/c1-4-5-8-9(13(17)20-3)6-10(15(18)19)11(14)12(8)21-7(2)16;1-2/h6H,1-3H3;1-2H3. The predicted octanol–water partition coefficient (Wildman–Crippen LogP) is 3.36. The van der Waals surface area contributed by atoms with Crippen molar-refractivity contribution in [3.8, 4) is 17.6 Å². The van der Waals surface area contributed by atoms with Gasteiger partial charge in [-0.15, -0.1) is 5.92 Å². The maximum atomic E-state index is 11.7. The molecule has 0 spiro atoms. The second-order valence-corrected chi connectivity index (χ2v) is 4.06. The van der Waals surface area contributed by atoms with Crippen LogP contribution in [0.25, 0.3) is 0 Å². The number of rotatable bonds is 3. The minimum Gasteiger partial charge on any atom is -0.465 e. The second kappa shape index (κ2) is 9.43. The molecule has 0 atom stereocenters. The highest BCUT2D eigenvalue weighted by Crippen LogP contribution is 2.39. The molecule has 0 aliphatic carbocycles. The molecule has 0 amide bonds. The summed E-state index contributed by atoms with van der Waals surface area (Å²) < 4.78 is 9.41. The number of nitro benzene ring substituents is 1. The van der Waals surface area contributed by atoms with Crippen molar-refractivity contribution in [2.45, 2.75) is 27.7 Å². The van der Waals surface area contributed by atoms with Gasteiger partial charge in [-0.2, -0.15) is 0 Å². The summed E-state index contributed by atoms with van der Waals surface area (Å²) in [5.74, 6) is 3.10. The smallest absolute Gasteiger partial charge is 0.339 e. The molecule has 0 aromatic heterocycles. The number of halogens is 1.